The number of para-hydroxylation sites is 1. The summed E-state index contributed by atoms with van der Waals surface area (Å²) in [6.07, 6.45) is 4.55. The Labute approximate surface area is 186 Å². The Morgan fingerprint density at radius 3 is 2.87 bits per heavy atom. The van der Waals surface area contributed by atoms with Crippen LogP contribution in [0.15, 0.2) is 41.0 Å². The minimum absolute atomic E-state index is 0.509. The van der Waals surface area contributed by atoms with Crippen molar-refractivity contribution in [3.8, 4) is 11.8 Å². The van der Waals surface area contributed by atoms with E-state index in [1.54, 1.807) is 0 Å². The molecule has 0 radical (unpaired) electrons. The van der Waals surface area contributed by atoms with E-state index in [9.17, 15) is 5.26 Å². The third kappa shape index (κ3) is 3.68. The molecule has 6 nitrogen and oxygen atoms in total. The quantitative estimate of drug-likeness (QED) is 0.473. The molecule has 7 heteroatoms. The maximum atomic E-state index is 9.49. The molecule has 0 aliphatic carbocycles. The van der Waals surface area contributed by atoms with Crippen LogP contribution in [0.25, 0.3) is 11.0 Å². The van der Waals surface area contributed by atoms with E-state index >= 15 is 0 Å². The molecule has 31 heavy (non-hydrogen) atoms. The number of furan rings is 1. The molecule has 1 saturated heterocycles. The van der Waals surface area contributed by atoms with Crippen LogP contribution in [0.1, 0.15) is 23.1 Å². The number of aryl methyl sites for hydroxylation is 1. The molecule has 1 fully saturated rings. The van der Waals surface area contributed by atoms with E-state index in [1.165, 1.54) is 11.3 Å². The Kier molecular flexibility index (Phi) is 5.59. The second-order valence-electron chi connectivity index (χ2n) is 8.25. The summed E-state index contributed by atoms with van der Waals surface area (Å²) in [7, 11) is 0. The van der Waals surface area contributed by atoms with Gasteiger partial charge >= 0.3 is 0 Å². The molecule has 2 aliphatic heterocycles. The first-order chi connectivity index (χ1) is 15.2. The van der Waals surface area contributed by atoms with Crippen molar-refractivity contribution in [1.29, 1.82) is 5.26 Å². The SMILES string of the molecule is N#Cc1ccc([N+]2(CCCc3coc4c(Cl)cccc34)CCNCC2)c2c1OOCC2. The number of nitrogens with zero attached hydrogens (tertiary/aromatic N) is 2. The summed E-state index contributed by atoms with van der Waals surface area (Å²) in [4.78, 5) is 10.7. The number of benzene rings is 2. The van der Waals surface area contributed by atoms with Crippen LogP contribution in [-0.2, 0) is 17.7 Å². The van der Waals surface area contributed by atoms with Gasteiger partial charge in [0, 0.05) is 37.4 Å². The summed E-state index contributed by atoms with van der Waals surface area (Å²) in [5.74, 6) is 0.595. The Morgan fingerprint density at radius 2 is 2.03 bits per heavy atom. The summed E-state index contributed by atoms with van der Waals surface area (Å²) in [5, 5.41) is 14.7. The summed E-state index contributed by atoms with van der Waals surface area (Å²) in [6, 6.07) is 12.1. The molecule has 0 saturated carbocycles. The van der Waals surface area contributed by atoms with Gasteiger partial charge in [-0.3, -0.25) is 4.48 Å². The van der Waals surface area contributed by atoms with Crippen LogP contribution in [0.3, 0.4) is 0 Å². The Bertz CT molecular complexity index is 1140. The molecule has 1 N–H and O–H groups in total. The average Bonchev–Trinajstić information content (AvgIpc) is 3.23. The largest absolute Gasteiger partial charge is 0.462 e. The smallest absolute Gasteiger partial charge is 0.192 e. The first-order valence-corrected chi connectivity index (χ1v) is 11.2. The first-order valence-electron chi connectivity index (χ1n) is 10.8. The number of quaternary nitrogens is 1. The molecule has 3 aromatic rings. The lowest BCUT2D eigenvalue weighted by Gasteiger charge is -2.43. The zero-order valence-electron chi connectivity index (χ0n) is 17.3. The normalized spacial score (nSPS) is 17.7. The van der Waals surface area contributed by atoms with Crippen molar-refractivity contribution in [3.05, 3.63) is 58.3 Å². The number of halogens is 1. The van der Waals surface area contributed by atoms with Crippen LogP contribution in [0.5, 0.6) is 5.75 Å². The number of piperazine rings is 1. The molecular formula is C24H25ClN3O3+. The highest BCUT2D eigenvalue weighted by molar-refractivity contribution is 6.34. The highest BCUT2D eigenvalue weighted by Gasteiger charge is 2.37. The lowest BCUT2D eigenvalue weighted by molar-refractivity contribution is -0.215. The molecule has 0 amide bonds. The second-order valence-corrected chi connectivity index (χ2v) is 8.66. The van der Waals surface area contributed by atoms with Crippen molar-refractivity contribution in [1.82, 2.24) is 9.80 Å². The van der Waals surface area contributed by atoms with Crippen LogP contribution >= 0.6 is 11.6 Å². The number of nitrogens with one attached hydrogen (secondary N) is 1. The predicted octanol–water partition coefficient (Wildman–Crippen LogP) is 4.37. The maximum Gasteiger partial charge on any atom is 0.192 e. The summed E-state index contributed by atoms with van der Waals surface area (Å²) in [5.41, 5.74) is 4.88. The Morgan fingerprint density at radius 1 is 1.16 bits per heavy atom. The van der Waals surface area contributed by atoms with Gasteiger partial charge in [0.2, 0.25) is 0 Å². The number of rotatable bonds is 5. The number of hydrogen-bond acceptors (Lipinski definition) is 5. The topological polar surface area (TPSA) is 67.4 Å². The van der Waals surface area contributed by atoms with Crippen molar-refractivity contribution in [3.63, 3.8) is 0 Å². The molecule has 0 unspecified atom stereocenters. The van der Waals surface area contributed by atoms with Gasteiger partial charge in [-0.05, 0) is 24.1 Å². The summed E-state index contributed by atoms with van der Waals surface area (Å²) < 4.78 is 6.61. The molecule has 3 heterocycles. The lowest BCUT2D eigenvalue weighted by atomic mass is 9.99. The molecule has 0 atom stereocenters. The van der Waals surface area contributed by atoms with Crippen molar-refractivity contribution < 1.29 is 14.2 Å². The molecule has 5 rings (SSSR count). The minimum Gasteiger partial charge on any atom is -0.462 e. The second kappa shape index (κ2) is 8.52. The van der Waals surface area contributed by atoms with Crippen molar-refractivity contribution in [2.24, 2.45) is 0 Å². The van der Waals surface area contributed by atoms with Crippen LogP contribution < -0.4 is 14.7 Å². The molecule has 2 aliphatic rings. The van der Waals surface area contributed by atoms with Gasteiger partial charge in [-0.2, -0.15) is 10.1 Å². The lowest BCUT2D eigenvalue weighted by Crippen LogP contribution is -2.60. The molecule has 160 valence electrons. The van der Waals surface area contributed by atoms with Crippen LogP contribution in [0.2, 0.25) is 5.02 Å². The summed E-state index contributed by atoms with van der Waals surface area (Å²) >= 11 is 6.27. The fraction of sp³-hybridized carbons (Fsp3) is 0.375. The first kappa shape index (κ1) is 20.3. The standard InChI is InChI=1S/C24H25ClN3O3/c25-21-5-1-4-19-18(16-29-24(19)21)3-2-11-28(12-9-27-10-13-28)22-7-6-17(15-26)23-20(22)8-14-30-31-23/h1,4-7,16,27H,2-3,8-14H2/q+1. The third-order valence-electron chi connectivity index (χ3n) is 6.54. The van der Waals surface area contributed by atoms with Gasteiger partial charge in [-0.15, -0.1) is 0 Å². The Hall–Kier alpha value is -2.56. The van der Waals surface area contributed by atoms with Gasteiger partial charge in [-0.1, -0.05) is 23.7 Å². The fourth-order valence-corrected chi connectivity index (χ4v) is 5.20. The van der Waals surface area contributed by atoms with E-state index in [-0.39, 0.29) is 0 Å². The highest BCUT2D eigenvalue weighted by atomic mass is 35.5. The molecule has 0 spiro atoms. The zero-order valence-corrected chi connectivity index (χ0v) is 18.1. The average molecular weight is 439 g/mol. The van der Waals surface area contributed by atoms with Crippen LogP contribution in [0, 0.1) is 11.3 Å². The van der Waals surface area contributed by atoms with Gasteiger partial charge in [0.15, 0.2) is 11.3 Å². The molecular weight excluding hydrogens is 414 g/mol. The zero-order chi connectivity index (χ0) is 21.3. The van der Waals surface area contributed by atoms with E-state index < -0.39 is 0 Å². The fourth-order valence-electron chi connectivity index (χ4n) is 4.98. The number of fused-ring (bicyclic) bond motifs is 2. The van der Waals surface area contributed by atoms with Gasteiger partial charge in [0.1, 0.15) is 11.8 Å². The highest BCUT2D eigenvalue weighted by Crippen LogP contribution is 2.39. The van der Waals surface area contributed by atoms with Gasteiger partial charge in [-0.25, -0.2) is 0 Å². The van der Waals surface area contributed by atoms with Crippen LogP contribution in [0.4, 0.5) is 5.69 Å². The predicted molar refractivity (Wildman–Crippen MR) is 120 cm³/mol. The number of hydrogen-bond donors (Lipinski definition) is 1. The van der Waals surface area contributed by atoms with Gasteiger partial charge in [0.05, 0.1) is 48.7 Å². The third-order valence-corrected chi connectivity index (χ3v) is 6.84. The molecule has 0 bridgehead atoms. The van der Waals surface area contributed by atoms with Crippen LogP contribution in [-0.4, -0.2) is 39.3 Å². The minimum atomic E-state index is 0.509. The van der Waals surface area contributed by atoms with E-state index in [1.807, 2.05) is 24.5 Å². The van der Waals surface area contributed by atoms with Crippen molar-refractivity contribution in [2.45, 2.75) is 19.3 Å². The van der Waals surface area contributed by atoms with Crippen molar-refractivity contribution in [2.75, 3.05) is 39.3 Å². The van der Waals surface area contributed by atoms with E-state index in [0.29, 0.717) is 22.9 Å². The molecule has 1 aromatic heterocycles. The van der Waals surface area contributed by atoms with Gasteiger partial charge < -0.3 is 14.6 Å². The Balaban J connectivity index is 1.43. The van der Waals surface area contributed by atoms with E-state index in [0.717, 1.165) is 73.0 Å². The number of nitriles is 1. The van der Waals surface area contributed by atoms with Crippen molar-refractivity contribution >= 4 is 28.3 Å². The summed E-state index contributed by atoms with van der Waals surface area (Å²) in [6.45, 7) is 5.48. The van der Waals surface area contributed by atoms with Gasteiger partial charge in [0.25, 0.3) is 0 Å². The van der Waals surface area contributed by atoms with E-state index in [2.05, 4.69) is 23.5 Å². The maximum absolute atomic E-state index is 9.49. The van der Waals surface area contributed by atoms with E-state index in [4.69, 9.17) is 25.8 Å². The monoisotopic (exact) mass is 438 g/mol. The molecule has 2 aromatic carbocycles.